The fraction of sp³-hybridized carbons (Fsp3) is 0.188. The Balaban J connectivity index is 1.67. The van der Waals surface area contributed by atoms with E-state index in [4.69, 9.17) is 0 Å². The zero-order chi connectivity index (χ0) is 18.0. The fourth-order valence-corrected chi connectivity index (χ4v) is 4.33. The first-order valence-corrected chi connectivity index (χ1v) is 9.90. The molecule has 0 saturated carbocycles. The van der Waals surface area contributed by atoms with Crippen LogP contribution in [0.4, 0.5) is 11.4 Å². The van der Waals surface area contributed by atoms with Crippen LogP contribution in [0.1, 0.15) is 10.6 Å². The van der Waals surface area contributed by atoms with E-state index in [9.17, 15) is 18.5 Å². The van der Waals surface area contributed by atoms with Crippen LogP contribution in [-0.2, 0) is 16.4 Å². The van der Waals surface area contributed by atoms with Gasteiger partial charge in [0.05, 0.1) is 31.6 Å². The summed E-state index contributed by atoms with van der Waals surface area (Å²) in [5.74, 6) is -0.107. The third-order valence-corrected chi connectivity index (χ3v) is 5.80. The van der Waals surface area contributed by atoms with Crippen molar-refractivity contribution in [2.24, 2.45) is 0 Å². The van der Waals surface area contributed by atoms with Gasteiger partial charge in [-0.1, -0.05) is 12.1 Å². The van der Waals surface area contributed by atoms with Crippen LogP contribution in [-0.4, -0.2) is 24.1 Å². The Morgan fingerprint density at radius 2 is 1.92 bits per heavy atom. The van der Waals surface area contributed by atoms with Crippen molar-refractivity contribution in [1.82, 2.24) is 4.98 Å². The van der Waals surface area contributed by atoms with E-state index in [2.05, 4.69) is 9.71 Å². The number of nitrogens with zero attached hydrogens (tertiary/aromatic N) is 2. The molecular weight excluding hydrogens is 362 g/mol. The first kappa shape index (κ1) is 17.3. The van der Waals surface area contributed by atoms with E-state index in [-0.39, 0.29) is 17.9 Å². The zero-order valence-corrected chi connectivity index (χ0v) is 14.9. The van der Waals surface area contributed by atoms with Crippen LogP contribution in [0.3, 0.4) is 0 Å². The third-order valence-electron chi connectivity index (χ3n) is 3.58. The summed E-state index contributed by atoms with van der Waals surface area (Å²) < 4.78 is 28.0. The first-order valence-electron chi connectivity index (χ1n) is 7.43. The Morgan fingerprint density at radius 3 is 2.60 bits per heavy atom. The molecule has 0 spiro atoms. The molecule has 0 aliphatic carbocycles. The van der Waals surface area contributed by atoms with Crippen molar-refractivity contribution < 1.29 is 13.3 Å². The average Bonchev–Trinajstić information content (AvgIpc) is 2.92. The number of aryl methyl sites for hydroxylation is 2. The second-order valence-electron chi connectivity index (χ2n) is 5.51. The molecule has 2 aromatic carbocycles. The number of aromatic nitrogens is 1. The minimum atomic E-state index is -3.52. The molecule has 0 aliphatic rings. The molecule has 0 saturated heterocycles. The number of sulfonamides is 1. The highest BCUT2D eigenvalue weighted by molar-refractivity contribution is 7.92. The van der Waals surface area contributed by atoms with E-state index in [0.717, 1.165) is 20.8 Å². The molecule has 0 fully saturated rings. The molecule has 3 rings (SSSR count). The number of non-ortho nitro benzene ring substituents is 1. The number of nitro benzene ring substituents is 1. The van der Waals surface area contributed by atoms with Gasteiger partial charge >= 0.3 is 0 Å². The Kier molecular flexibility index (Phi) is 4.69. The summed E-state index contributed by atoms with van der Waals surface area (Å²) in [5.41, 5.74) is 2.05. The Labute approximate surface area is 148 Å². The van der Waals surface area contributed by atoms with Crippen LogP contribution in [0.2, 0.25) is 0 Å². The van der Waals surface area contributed by atoms with Gasteiger partial charge < -0.3 is 0 Å². The van der Waals surface area contributed by atoms with Crippen LogP contribution in [0.15, 0.2) is 42.5 Å². The minimum absolute atomic E-state index is 0.0158. The van der Waals surface area contributed by atoms with Crippen LogP contribution in [0.5, 0.6) is 0 Å². The summed E-state index contributed by atoms with van der Waals surface area (Å²) in [7, 11) is -3.52. The lowest BCUT2D eigenvalue weighted by Gasteiger charge is -2.08. The molecule has 7 nitrogen and oxygen atoms in total. The number of hydrogen-bond donors (Lipinski definition) is 1. The molecule has 25 heavy (non-hydrogen) atoms. The molecule has 0 aliphatic heterocycles. The van der Waals surface area contributed by atoms with E-state index in [0.29, 0.717) is 5.69 Å². The van der Waals surface area contributed by atoms with Crippen LogP contribution in [0.25, 0.3) is 10.2 Å². The fourth-order valence-electron chi connectivity index (χ4n) is 2.37. The predicted octanol–water partition coefficient (Wildman–Crippen LogP) is 3.50. The van der Waals surface area contributed by atoms with Gasteiger partial charge in [-0.3, -0.25) is 14.8 Å². The average molecular weight is 377 g/mol. The Morgan fingerprint density at radius 1 is 1.20 bits per heavy atom. The number of hydrogen-bond acceptors (Lipinski definition) is 6. The standard InChI is InChI=1S/C16H15N3O4S2/c1-11-17-15-7-4-13(10-16(15)24-11)18-25(22,23)9-8-12-2-5-14(6-3-12)19(20)21/h2-7,10,18H,8-9H2,1H3. The van der Waals surface area contributed by atoms with Gasteiger partial charge in [0.25, 0.3) is 5.69 Å². The maximum Gasteiger partial charge on any atom is 0.269 e. The molecule has 130 valence electrons. The van der Waals surface area contributed by atoms with Crippen molar-refractivity contribution in [2.45, 2.75) is 13.3 Å². The smallest absolute Gasteiger partial charge is 0.269 e. The number of thiazole rings is 1. The quantitative estimate of drug-likeness (QED) is 0.523. The van der Waals surface area contributed by atoms with Crippen molar-refractivity contribution in [3.05, 3.63) is 63.1 Å². The van der Waals surface area contributed by atoms with E-state index in [1.54, 1.807) is 30.3 Å². The normalized spacial score (nSPS) is 11.6. The molecule has 1 N–H and O–H groups in total. The van der Waals surface area contributed by atoms with Gasteiger partial charge in [-0.15, -0.1) is 11.3 Å². The van der Waals surface area contributed by atoms with E-state index in [1.165, 1.54) is 23.5 Å². The van der Waals surface area contributed by atoms with Crippen molar-refractivity contribution in [3.8, 4) is 0 Å². The summed E-state index contributed by atoms with van der Waals surface area (Å²) in [5, 5.41) is 11.5. The summed E-state index contributed by atoms with van der Waals surface area (Å²) in [6.45, 7) is 1.90. The van der Waals surface area contributed by atoms with Gasteiger partial charge in [-0.25, -0.2) is 13.4 Å². The maximum absolute atomic E-state index is 12.3. The lowest BCUT2D eigenvalue weighted by Crippen LogP contribution is -2.18. The van der Waals surface area contributed by atoms with Crippen LogP contribution < -0.4 is 4.72 Å². The maximum atomic E-state index is 12.3. The Hall–Kier alpha value is -2.52. The van der Waals surface area contributed by atoms with E-state index >= 15 is 0 Å². The van der Waals surface area contributed by atoms with Gasteiger partial charge in [0.15, 0.2) is 0 Å². The second-order valence-corrected chi connectivity index (χ2v) is 8.59. The predicted molar refractivity (Wildman–Crippen MR) is 98.6 cm³/mol. The van der Waals surface area contributed by atoms with Gasteiger partial charge in [0, 0.05) is 12.1 Å². The molecule has 0 radical (unpaired) electrons. The van der Waals surface area contributed by atoms with Crippen molar-refractivity contribution in [3.63, 3.8) is 0 Å². The van der Waals surface area contributed by atoms with Gasteiger partial charge in [0.2, 0.25) is 10.0 Å². The molecule has 0 atom stereocenters. The summed E-state index contributed by atoms with van der Waals surface area (Å²) >= 11 is 1.51. The zero-order valence-electron chi connectivity index (χ0n) is 13.3. The molecule has 9 heteroatoms. The van der Waals surface area contributed by atoms with Gasteiger partial charge in [-0.2, -0.15) is 0 Å². The Bertz CT molecular complexity index is 1030. The number of nitro groups is 1. The molecule has 0 bridgehead atoms. The van der Waals surface area contributed by atoms with Gasteiger partial charge in [0.1, 0.15) is 0 Å². The number of anilines is 1. The molecule has 1 heterocycles. The molecule has 0 amide bonds. The third kappa shape index (κ3) is 4.31. The van der Waals surface area contributed by atoms with Crippen molar-refractivity contribution >= 4 is 43.0 Å². The van der Waals surface area contributed by atoms with Crippen LogP contribution >= 0.6 is 11.3 Å². The number of fused-ring (bicyclic) bond motifs is 1. The minimum Gasteiger partial charge on any atom is -0.283 e. The highest BCUT2D eigenvalue weighted by atomic mass is 32.2. The molecular formula is C16H15N3O4S2. The number of rotatable bonds is 6. The van der Waals surface area contributed by atoms with Crippen molar-refractivity contribution in [1.29, 1.82) is 0 Å². The number of nitrogens with one attached hydrogen (secondary N) is 1. The lowest BCUT2D eigenvalue weighted by molar-refractivity contribution is -0.384. The summed E-state index contributed by atoms with van der Waals surface area (Å²) in [6.07, 6.45) is 0.273. The largest absolute Gasteiger partial charge is 0.283 e. The molecule has 3 aromatic rings. The second kappa shape index (κ2) is 6.77. The topological polar surface area (TPSA) is 102 Å². The van der Waals surface area contributed by atoms with Crippen LogP contribution in [0, 0.1) is 17.0 Å². The monoisotopic (exact) mass is 377 g/mol. The molecule has 0 unspecified atom stereocenters. The lowest BCUT2D eigenvalue weighted by atomic mass is 10.1. The molecule has 1 aromatic heterocycles. The van der Waals surface area contributed by atoms with E-state index in [1.807, 2.05) is 6.92 Å². The highest BCUT2D eigenvalue weighted by Gasteiger charge is 2.13. The first-order chi connectivity index (χ1) is 11.8. The van der Waals surface area contributed by atoms with E-state index < -0.39 is 14.9 Å². The summed E-state index contributed by atoms with van der Waals surface area (Å²) in [4.78, 5) is 14.5. The highest BCUT2D eigenvalue weighted by Crippen LogP contribution is 2.25. The SMILES string of the molecule is Cc1nc2ccc(NS(=O)(=O)CCc3ccc([N+](=O)[O-])cc3)cc2s1. The van der Waals surface area contributed by atoms with Crippen molar-refractivity contribution in [2.75, 3.05) is 10.5 Å². The summed E-state index contributed by atoms with van der Waals surface area (Å²) in [6, 6.07) is 11.1. The number of benzene rings is 2. The van der Waals surface area contributed by atoms with Gasteiger partial charge in [-0.05, 0) is 37.1 Å².